The van der Waals surface area contributed by atoms with Crippen molar-refractivity contribution in [2.24, 2.45) is 0 Å². The first-order valence-electron chi connectivity index (χ1n) is 19.8. The van der Waals surface area contributed by atoms with E-state index in [2.05, 4.69) is 219 Å². The quantitative estimate of drug-likeness (QED) is 0.172. The normalized spacial score (nSPS) is 14.4. The van der Waals surface area contributed by atoms with Crippen molar-refractivity contribution in [2.75, 3.05) is 4.90 Å². The molecule has 0 unspecified atom stereocenters. The molecule has 0 N–H and O–H groups in total. The summed E-state index contributed by atoms with van der Waals surface area (Å²) in [5.74, 6) is 0. The van der Waals surface area contributed by atoms with E-state index in [4.69, 9.17) is 0 Å². The van der Waals surface area contributed by atoms with Crippen LogP contribution in [0.3, 0.4) is 0 Å². The molecule has 2 aliphatic rings. The topological polar surface area (TPSA) is 8.17 Å². The van der Waals surface area contributed by atoms with Crippen LogP contribution in [0.5, 0.6) is 0 Å². The van der Waals surface area contributed by atoms with E-state index >= 15 is 0 Å². The number of anilines is 3. The van der Waals surface area contributed by atoms with E-state index in [9.17, 15) is 0 Å². The molecule has 0 saturated carbocycles. The first-order chi connectivity index (χ1) is 27.3. The number of benzene rings is 8. The summed E-state index contributed by atoms with van der Waals surface area (Å²) >= 11 is 0. The number of nitrogens with zero attached hydrogens (tertiary/aromatic N) is 2. The van der Waals surface area contributed by atoms with Gasteiger partial charge < -0.3 is 9.47 Å². The van der Waals surface area contributed by atoms with Crippen LogP contribution in [0.4, 0.5) is 17.1 Å². The summed E-state index contributed by atoms with van der Waals surface area (Å²) < 4.78 is 2.43. The molecule has 2 heteroatoms. The molecule has 11 rings (SSSR count). The van der Waals surface area contributed by atoms with Crippen LogP contribution < -0.4 is 4.90 Å². The van der Waals surface area contributed by atoms with Gasteiger partial charge in [0.1, 0.15) is 0 Å². The lowest BCUT2D eigenvalue weighted by molar-refractivity contribution is 0.659. The summed E-state index contributed by atoms with van der Waals surface area (Å²) in [7, 11) is 0. The van der Waals surface area contributed by atoms with Gasteiger partial charge in [0.05, 0.1) is 22.4 Å². The van der Waals surface area contributed by atoms with Gasteiger partial charge in [-0.1, -0.05) is 167 Å². The molecule has 56 heavy (non-hydrogen) atoms. The number of aromatic nitrogens is 1. The second-order valence-corrected chi connectivity index (χ2v) is 16.5. The van der Waals surface area contributed by atoms with Crippen molar-refractivity contribution in [3.63, 3.8) is 0 Å². The minimum Gasteiger partial charge on any atom is -0.310 e. The third-order valence-corrected chi connectivity index (χ3v) is 12.8. The standard InChI is InChI=1S/C54H42N2/c1-53(2)45-26-12-9-21-43(45)50-46(53)27-16-29-48(50)55(49-30-15-23-41-39-19-8-11-25-44(39)54(3,4)51(41)49)37-33-31-35(32-34-37)38-22-14-24-42-40-20-10-13-28-47(40)56(52(38)42)36-17-6-5-7-18-36/h5-34H,1-4H3. The number of hydrogen-bond acceptors (Lipinski definition) is 1. The van der Waals surface area contributed by atoms with Gasteiger partial charge >= 0.3 is 0 Å². The van der Waals surface area contributed by atoms with Crippen LogP contribution in [-0.4, -0.2) is 4.57 Å². The lowest BCUT2D eigenvalue weighted by Crippen LogP contribution is -2.21. The van der Waals surface area contributed by atoms with Crippen LogP contribution in [0.1, 0.15) is 49.9 Å². The van der Waals surface area contributed by atoms with Crippen molar-refractivity contribution < 1.29 is 0 Å². The highest BCUT2D eigenvalue weighted by Crippen LogP contribution is 2.58. The summed E-state index contributed by atoms with van der Waals surface area (Å²) in [6.07, 6.45) is 0. The number of fused-ring (bicyclic) bond motifs is 9. The Hall–Kier alpha value is -6.64. The smallest absolute Gasteiger partial charge is 0.0619 e. The first kappa shape index (κ1) is 32.8. The van der Waals surface area contributed by atoms with E-state index in [0.29, 0.717) is 0 Å². The lowest BCUT2D eigenvalue weighted by Gasteiger charge is -2.33. The maximum absolute atomic E-state index is 2.55. The zero-order valence-electron chi connectivity index (χ0n) is 32.2. The summed E-state index contributed by atoms with van der Waals surface area (Å²) in [5.41, 5.74) is 20.1. The van der Waals surface area contributed by atoms with Crippen molar-refractivity contribution in [1.29, 1.82) is 0 Å². The number of rotatable bonds is 5. The van der Waals surface area contributed by atoms with Gasteiger partial charge in [-0.3, -0.25) is 0 Å². The van der Waals surface area contributed by atoms with E-state index in [1.807, 2.05) is 0 Å². The zero-order valence-corrected chi connectivity index (χ0v) is 32.2. The first-order valence-corrected chi connectivity index (χ1v) is 19.8. The van der Waals surface area contributed by atoms with Crippen molar-refractivity contribution >= 4 is 38.9 Å². The second-order valence-electron chi connectivity index (χ2n) is 16.5. The van der Waals surface area contributed by atoms with Gasteiger partial charge in [0.15, 0.2) is 0 Å². The Labute approximate surface area is 328 Å². The number of hydrogen-bond donors (Lipinski definition) is 0. The van der Waals surface area contributed by atoms with Gasteiger partial charge in [0.2, 0.25) is 0 Å². The Morgan fingerprint density at radius 3 is 1.79 bits per heavy atom. The molecule has 0 bridgehead atoms. The summed E-state index contributed by atoms with van der Waals surface area (Å²) in [5, 5.41) is 2.52. The predicted octanol–water partition coefficient (Wildman–Crippen LogP) is 14.5. The van der Waals surface area contributed by atoms with Gasteiger partial charge in [-0.15, -0.1) is 0 Å². The Balaban J connectivity index is 1.15. The summed E-state index contributed by atoms with van der Waals surface area (Å²) in [6, 6.07) is 67.4. The maximum Gasteiger partial charge on any atom is 0.0619 e. The molecular weight excluding hydrogens is 677 g/mol. The average Bonchev–Trinajstić information content (AvgIpc) is 3.79. The van der Waals surface area contributed by atoms with Crippen LogP contribution in [0.2, 0.25) is 0 Å². The molecule has 0 saturated heterocycles. The summed E-state index contributed by atoms with van der Waals surface area (Å²) in [4.78, 5) is 2.55. The maximum atomic E-state index is 2.55. The fraction of sp³-hybridized carbons (Fsp3) is 0.111. The lowest BCUT2D eigenvalue weighted by atomic mass is 9.81. The van der Waals surface area contributed by atoms with Crippen LogP contribution in [0.15, 0.2) is 182 Å². The number of para-hydroxylation sites is 3. The minimum atomic E-state index is -0.184. The van der Waals surface area contributed by atoms with Gasteiger partial charge in [-0.05, 0) is 87.0 Å². The Bertz CT molecular complexity index is 3020. The molecular formula is C54H42N2. The molecule has 0 aliphatic heterocycles. The predicted molar refractivity (Wildman–Crippen MR) is 236 cm³/mol. The zero-order chi connectivity index (χ0) is 37.8. The highest BCUT2D eigenvalue weighted by atomic mass is 15.1. The third-order valence-electron chi connectivity index (χ3n) is 12.8. The fourth-order valence-corrected chi connectivity index (χ4v) is 10.2. The van der Waals surface area contributed by atoms with Crippen molar-refractivity contribution in [2.45, 2.75) is 38.5 Å². The van der Waals surface area contributed by atoms with Gasteiger partial charge in [0.25, 0.3) is 0 Å². The molecule has 1 aromatic heterocycles. The largest absolute Gasteiger partial charge is 0.310 e. The third kappa shape index (κ3) is 4.50. The van der Waals surface area contributed by atoms with E-state index in [0.717, 1.165) is 11.4 Å². The molecule has 0 spiro atoms. The highest BCUT2D eigenvalue weighted by Gasteiger charge is 2.41. The second kappa shape index (κ2) is 11.9. The molecule has 268 valence electrons. The van der Waals surface area contributed by atoms with Crippen LogP contribution in [-0.2, 0) is 10.8 Å². The van der Waals surface area contributed by atoms with E-state index in [-0.39, 0.29) is 10.8 Å². The van der Waals surface area contributed by atoms with Crippen LogP contribution >= 0.6 is 0 Å². The Kier molecular flexibility index (Phi) is 6.98. The SMILES string of the molecule is CC1(C)c2ccccc2-c2c(N(c3ccc(-c4cccc5c6ccccc6n(-c6ccccc6)c45)cc3)c3cccc4c3C(C)(C)c3ccccc3-4)cccc21. The Morgan fingerprint density at radius 2 is 0.982 bits per heavy atom. The van der Waals surface area contributed by atoms with E-state index in [1.54, 1.807) is 0 Å². The minimum absolute atomic E-state index is 0.110. The van der Waals surface area contributed by atoms with E-state index in [1.165, 1.54) is 88.8 Å². The fourth-order valence-electron chi connectivity index (χ4n) is 10.2. The van der Waals surface area contributed by atoms with Gasteiger partial charge in [-0.2, -0.15) is 0 Å². The van der Waals surface area contributed by atoms with Crippen molar-refractivity contribution in [3.05, 3.63) is 204 Å². The van der Waals surface area contributed by atoms with Crippen molar-refractivity contribution in [1.82, 2.24) is 4.57 Å². The van der Waals surface area contributed by atoms with Gasteiger partial charge in [0, 0.05) is 44.1 Å². The van der Waals surface area contributed by atoms with Crippen LogP contribution in [0.25, 0.3) is 60.9 Å². The highest BCUT2D eigenvalue weighted by molar-refractivity contribution is 6.14. The van der Waals surface area contributed by atoms with Crippen LogP contribution in [0, 0.1) is 0 Å². The average molecular weight is 719 g/mol. The Morgan fingerprint density at radius 1 is 0.411 bits per heavy atom. The molecule has 0 fully saturated rings. The molecule has 1 heterocycles. The molecule has 2 aliphatic carbocycles. The molecule has 0 atom stereocenters. The molecule has 8 aromatic carbocycles. The summed E-state index contributed by atoms with van der Waals surface area (Å²) in [6.45, 7) is 9.53. The molecule has 9 aromatic rings. The molecule has 0 radical (unpaired) electrons. The van der Waals surface area contributed by atoms with Crippen molar-refractivity contribution in [3.8, 4) is 39.1 Å². The van der Waals surface area contributed by atoms with E-state index < -0.39 is 0 Å². The molecule has 2 nitrogen and oxygen atoms in total. The van der Waals surface area contributed by atoms with Gasteiger partial charge in [-0.25, -0.2) is 0 Å². The monoisotopic (exact) mass is 718 g/mol. The molecule has 0 amide bonds.